The fourth-order valence-corrected chi connectivity index (χ4v) is 3.51. The molecule has 0 amide bonds. The van der Waals surface area contributed by atoms with E-state index in [1.807, 2.05) is 12.1 Å². The Bertz CT molecular complexity index is 469. The van der Waals surface area contributed by atoms with Gasteiger partial charge in [-0.25, -0.2) is 4.79 Å². The van der Waals surface area contributed by atoms with Gasteiger partial charge < -0.3 is 9.47 Å². The Morgan fingerprint density at radius 1 is 1.15 bits per heavy atom. The Labute approximate surface area is 127 Å². The van der Waals surface area contributed by atoms with Crippen molar-refractivity contribution in [1.29, 1.82) is 0 Å². The van der Waals surface area contributed by atoms with Crippen LogP contribution in [0.25, 0.3) is 0 Å². The van der Waals surface area contributed by atoms with Gasteiger partial charge in [-0.1, -0.05) is 28.8 Å². The lowest BCUT2D eigenvalue weighted by Gasteiger charge is -2.40. The number of hydrogen-bond acceptors (Lipinski definition) is 3. The molecule has 0 radical (unpaired) electrons. The van der Waals surface area contributed by atoms with E-state index in [1.54, 1.807) is 12.1 Å². The molecule has 1 aliphatic carbocycles. The van der Waals surface area contributed by atoms with Crippen molar-refractivity contribution >= 4 is 21.9 Å². The Hall–Kier alpha value is -0.870. The van der Waals surface area contributed by atoms with E-state index in [9.17, 15) is 4.79 Å². The van der Waals surface area contributed by atoms with Crippen LogP contribution < -0.4 is 0 Å². The van der Waals surface area contributed by atoms with Crippen LogP contribution in [0, 0.1) is 5.92 Å². The lowest BCUT2D eigenvalue weighted by atomic mass is 9.80. The van der Waals surface area contributed by atoms with Crippen molar-refractivity contribution in [2.45, 2.75) is 44.3 Å². The number of fused-ring (bicyclic) bond motifs is 1. The van der Waals surface area contributed by atoms with Crippen molar-refractivity contribution in [3.63, 3.8) is 0 Å². The molecule has 0 bridgehead atoms. The largest absolute Gasteiger partial charge is 0.458 e. The van der Waals surface area contributed by atoms with Crippen LogP contribution >= 0.6 is 15.9 Å². The molecule has 1 heterocycles. The quantitative estimate of drug-likeness (QED) is 0.766. The molecule has 3 rings (SSSR count). The molecule has 2 aliphatic rings. The zero-order valence-electron chi connectivity index (χ0n) is 11.4. The topological polar surface area (TPSA) is 35.5 Å². The molecule has 3 atom stereocenters. The van der Waals surface area contributed by atoms with E-state index < -0.39 is 0 Å². The van der Waals surface area contributed by atoms with Crippen LogP contribution in [-0.2, 0) is 9.47 Å². The van der Waals surface area contributed by atoms with Crippen LogP contribution in [0.1, 0.15) is 42.5 Å². The zero-order chi connectivity index (χ0) is 13.9. The molecule has 0 spiro atoms. The van der Waals surface area contributed by atoms with Gasteiger partial charge in [-0.05, 0) is 37.1 Å². The average Bonchev–Trinajstić information content (AvgIpc) is 2.48. The minimum Gasteiger partial charge on any atom is -0.458 e. The van der Waals surface area contributed by atoms with Gasteiger partial charge in [0.25, 0.3) is 0 Å². The number of benzene rings is 1. The fourth-order valence-electron chi connectivity index (χ4n) is 3.25. The highest BCUT2D eigenvalue weighted by atomic mass is 79.9. The highest BCUT2D eigenvalue weighted by Crippen LogP contribution is 2.35. The van der Waals surface area contributed by atoms with E-state index in [4.69, 9.17) is 9.47 Å². The maximum atomic E-state index is 12.2. The highest BCUT2D eigenvalue weighted by Gasteiger charge is 2.38. The Kier molecular flexibility index (Phi) is 4.41. The molecule has 1 saturated heterocycles. The summed E-state index contributed by atoms with van der Waals surface area (Å²) in [4.78, 5) is 12.2. The first kappa shape index (κ1) is 14.1. The summed E-state index contributed by atoms with van der Waals surface area (Å²) in [6.07, 6.45) is 5.81. The molecule has 0 N–H and O–H groups in total. The first-order valence-electron chi connectivity index (χ1n) is 7.32. The predicted octanol–water partition coefficient (Wildman–Crippen LogP) is 3.95. The maximum absolute atomic E-state index is 12.2. The molecule has 2 fully saturated rings. The van der Waals surface area contributed by atoms with Gasteiger partial charge >= 0.3 is 5.97 Å². The smallest absolute Gasteiger partial charge is 0.338 e. The second-order valence-corrected chi connectivity index (χ2v) is 6.51. The highest BCUT2D eigenvalue weighted by molar-refractivity contribution is 9.10. The van der Waals surface area contributed by atoms with Gasteiger partial charge in [-0.3, -0.25) is 0 Å². The summed E-state index contributed by atoms with van der Waals surface area (Å²) in [5.74, 6) is 0.172. The van der Waals surface area contributed by atoms with Crippen LogP contribution in [0.15, 0.2) is 28.7 Å². The van der Waals surface area contributed by atoms with Crippen LogP contribution in [0.5, 0.6) is 0 Å². The van der Waals surface area contributed by atoms with Gasteiger partial charge in [-0.15, -0.1) is 0 Å². The van der Waals surface area contributed by atoms with Gasteiger partial charge in [0.2, 0.25) is 0 Å². The number of carbonyl (C=O) groups is 1. The maximum Gasteiger partial charge on any atom is 0.338 e. The number of rotatable bonds is 2. The second kappa shape index (κ2) is 6.27. The van der Waals surface area contributed by atoms with E-state index in [1.165, 1.54) is 12.8 Å². The standard InChI is InChI=1S/C16H19BrO3/c17-12-7-5-11(6-8-12)16(18)20-15-9-10-19-14-4-2-1-3-13(14)15/h5-8,13-15H,1-4,9-10H2/t13-,14-,15-/m0/s1. The summed E-state index contributed by atoms with van der Waals surface area (Å²) >= 11 is 3.37. The van der Waals surface area contributed by atoms with Crippen molar-refractivity contribution in [1.82, 2.24) is 0 Å². The monoisotopic (exact) mass is 338 g/mol. The molecule has 4 heteroatoms. The number of esters is 1. The molecular formula is C16H19BrO3. The minimum atomic E-state index is -0.214. The molecular weight excluding hydrogens is 320 g/mol. The Morgan fingerprint density at radius 3 is 2.70 bits per heavy atom. The van der Waals surface area contributed by atoms with Crippen molar-refractivity contribution in [3.05, 3.63) is 34.3 Å². The van der Waals surface area contributed by atoms with E-state index in [0.29, 0.717) is 24.2 Å². The SMILES string of the molecule is O=C(O[C@H]1CCO[C@H]2CCCC[C@@H]21)c1ccc(Br)cc1. The number of carbonyl (C=O) groups excluding carboxylic acids is 1. The van der Waals surface area contributed by atoms with Crippen LogP contribution in [0.4, 0.5) is 0 Å². The van der Waals surface area contributed by atoms with Gasteiger partial charge in [0.05, 0.1) is 18.3 Å². The third-order valence-electron chi connectivity index (χ3n) is 4.30. The Morgan fingerprint density at radius 2 is 1.90 bits per heavy atom. The normalized spacial score (nSPS) is 29.6. The fraction of sp³-hybridized carbons (Fsp3) is 0.562. The molecule has 1 aliphatic heterocycles. The molecule has 1 saturated carbocycles. The van der Waals surface area contributed by atoms with Crippen LogP contribution in [0.2, 0.25) is 0 Å². The lowest BCUT2D eigenvalue weighted by Crippen LogP contribution is -2.43. The van der Waals surface area contributed by atoms with Crippen molar-refractivity contribution in [2.24, 2.45) is 5.92 Å². The van der Waals surface area contributed by atoms with Gasteiger partial charge in [-0.2, -0.15) is 0 Å². The van der Waals surface area contributed by atoms with Crippen molar-refractivity contribution in [3.8, 4) is 0 Å². The summed E-state index contributed by atoms with van der Waals surface area (Å²) in [5.41, 5.74) is 0.618. The molecule has 1 aromatic rings. The molecule has 3 nitrogen and oxygen atoms in total. The molecule has 0 unspecified atom stereocenters. The van der Waals surface area contributed by atoms with E-state index in [0.717, 1.165) is 23.7 Å². The van der Waals surface area contributed by atoms with Gasteiger partial charge in [0.15, 0.2) is 0 Å². The molecule has 108 valence electrons. The summed E-state index contributed by atoms with van der Waals surface area (Å²) in [6, 6.07) is 7.32. The summed E-state index contributed by atoms with van der Waals surface area (Å²) < 4.78 is 12.5. The van der Waals surface area contributed by atoms with E-state index in [2.05, 4.69) is 15.9 Å². The third kappa shape index (κ3) is 3.07. The number of hydrogen-bond donors (Lipinski definition) is 0. The second-order valence-electron chi connectivity index (χ2n) is 5.60. The summed E-state index contributed by atoms with van der Waals surface area (Å²) in [6.45, 7) is 0.708. The molecule has 20 heavy (non-hydrogen) atoms. The molecule has 0 aromatic heterocycles. The third-order valence-corrected chi connectivity index (χ3v) is 4.83. The van der Waals surface area contributed by atoms with E-state index >= 15 is 0 Å². The molecule has 1 aromatic carbocycles. The Balaban J connectivity index is 1.66. The van der Waals surface area contributed by atoms with Crippen molar-refractivity contribution in [2.75, 3.05) is 6.61 Å². The minimum absolute atomic E-state index is 0.0187. The van der Waals surface area contributed by atoms with Crippen LogP contribution in [-0.4, -0.2) is 24.8 Å². The number of ether oxygens (including phenoxy) is 2. The van der Waals surface area contributed by atoms with Gasteiger partial charge in [0, 0.05) is 16.8 Å². The van der Waals surface area contributed by atoms with Crippen LogP contribution in [0.3, 0.4) is 0 Å². The predicted molar refractivity (Wildman–Crippen MR) is 79.7 cm³/mol. The first-order valence-corrected chi connectivity index (χ1v) is 8.11. The lowest BCUT2D eigenvalue weighted by molar-refractivity contribution is -0.113. The average molecular weight is 339 g/mol. The van der Waals surface area contributed by atoms with E-state index in [-0.39, 0.29) is 12.1 Å². The number of halogens is 1. The zero-order valence-corrected chi connectivity index (χ0v) is 13.0. The van der Waals surface area contributed by atoms with Crippen molar-refractivity contribution < 1.29 is 14.3 Å². The van der Waals surface area contributed by atoms with Gasteiger partial charge in [0.1, 0.15) is 6.10 Å². The summed E-state index contributed by atoms with van der Waals surface area (Å²) in [5, 5.41) is 0. The summed E-state index contributed by atoms with van der Waals surface area (Å²) in [7, 11) is 0. The first-order chi connectivity index (χ1) is 9.74.